The summed E-state index contributed by atoms with van der Waals surface area (Å²) in [5, 5.41) is 74.0. The minimum Gasteiger partial charge on any atom is -0.492 e. The van der Waals surface area contributed by atoms with Gasteiger partial charge in [-0.1, -0.05) is 63.6 Å². The summed E-state index contributed by atoms with van der Waals surface area (Å²) in [6.45, 7) is 1.92. The van der Waals surface area contributed by atoms with Crippen molar-refractivity contribution in [2.75, 3.05) is 65.6 Å². The molecule has 2 fully saturated rings. The molecule has 4 aromatic rings. The summed E-state index contributed by atoms with van der Waals surface area (Å²) < 4.78 is 32.6. The fourth-order valence-electron chi connectivity index (χ4n) is 15.6. The summed E-state index contributed by atoms with van der Waals surface area (Å²) in [6, 6.07) is 14.3. The number of hydrogen-bond acceptors (Lipinski definition) is 17. The van der Waals surface area contributed by atoms with Crippen molar-refractivity contribution in [2.24, 2.45) is 35.5 Å². The molecule has 8 aliphatic rings. The predicted octanol–water partition coefficient (Wildman–Crippen LogP) is 7.27. The first kappa shape index (κ1) is 58.1. The van der Waals surface area contributed by atoms with Gasteiger partial charge in [0.25, 0.3) is 0 Å². The molecule has 11 unspecified atom stereocenters. The zero-order valence-corrected chi connectivity index (χ0v) is 48.8. The minimum absolute atomic E-state index is 0.0173. The lowest BCUT2D eigenvalue weighted by atomic mass is 9.48. The van der Waals surface area contributed by atoms with Gasteiger partial charge >= 0.3 is 5.97 Å². The molecule has 1 saturated heterocycles. The Kier molecular flexibility index (Phi) is 17.0. The molecule has 0 radical (unpaired) electrons. The maximum Gasteiger partial charge on any atom is 0.375 e. The normalized spacial score (nSPS) is 30.5. The van der Waals surface area contributed by atoms with Crippen LogP contribution in [0.15, 0.2) is 89.4 Å². The average Bonchev–Trinajstić information content (AvgIpc) is 1.94. The number of fused-ring (bicyclic) bond motifs is 12. The molecule has 6 heterocycles. The number of likely N-dealkylation sites (tertiary alicyclic amines) is 1. The van der Waals surface area contributed by atoms with Crippen LogP contribution < -0.4 is 14.2 Å². The quantitative estimate of drug-likeness (QED) is 0.0243. The molecule has 16 nitrogen and oxygen atoms in total. The van der Waals surface area contributed by atoms with Crippen LogP contribution in [0.3, 0.4) is 0 Å². The number of hydrogen-bond donors (Lipinski definition) is 7. The van der Waals surface area contributed by atoms with Crippen LogP contribution in [0.1, 0.15) is 96.7 Å². The second-order valence-corrected chi connectivity index (χ2v) is 26.4. The van der Waals surface area contributed by atoms with Crippen molar-refractivity contribution in [1.29, 1.82) is 0 Å². The topological polar surface area (TPSA) is 238 Å². The Hall–Kier alpha value is -5.25. The number of piperidine rings is 1. The Bertz CT molecular complexity index is 3300. The van der Waals surface area contributed by atoms with Crippen molar-refractivity contribution in [3.8, 4) is 17.2 Å². The van der Waals surface area contributed by atoms with Crippen molar-refractivity contribution in [1.82, 2.24) is 9.88 Å². The lowest BCUT2D eigenvalue weighted by Gasteiger charge is -2.62. The number of Topliss-reactive ketones (excluding diaryl/α,β-unsaturated/α-hetero) is 1. The van der Waals surface area contributed by atoms with E-state index in [0.717, 1.165) is 52.1 Å². The number of H-pyrrole nitrogens is 1. The molecule has 3 aromatic carbocycles. The number of ether oxygens (including phenoxy) is 5. The van der Waals surface area contributed by atoms with E-state index in [-0.39, 0.29) is 103 Å². The van der Waals surface area contributed by atoms with E-state index in [0.29, 0.717) is 74.7 Å². The molecule has 0 amide bonds. The Labute approximate surface area is 491 Å². The van der Waals surface area contributed by atoms with Gasteiger partial charge in [0, 0.05) is 110 Å². The number of esters is 1. The van der Waals surface area contributed by atoms with Gasteiger partial charge in [-0.3, -0.25) is 14.5 Å². The van der Waals surface area contributed by atoms with E-state index in [1.165, 1.54) is 5.56 Å². The first-order chi connectivity index (χ1) is 40.4. The van der Waals surface area contributed by atoms with Gasteiger partial charge in [-0.2, -0.15) is 0 Å². The summed E-state index contributed by atoms with van der Waals surface area (Å²) in [7, 11) is 5.34. The van der Waals surface area contributed by atoms with E-state index in [9.17, 15) is 45.0 Å². The third-order valence-electron chi connectivity index (χ3n) is 19.6. The second-order valence-electron chi connectivity index (χ2n) is 23.9. The Morgan fingerprint density at radius 1 is 0.988 bits per heavy atom. The lowest BCUT2D eigenvalue weighted by Crippen LogP contribution is -2.73. The van der Waals surface area contributed by atoms with Gasteiger partial charge in [-0.25, -0.2) is 4.79 Å². The molecule has 1 saturated carbocycles. The third-order valence-corrected chi connectivity index (χ3v) is 21.9. The number of rotatable bonds is 12. The Morgan fingerprint density at radius 3 is 2.59 bits per heavy atom. The van der Waals surface area contributed by atoms with Crippen LogP contribution in [-0.4, -0.2) is 148 Å². The molecule has 7 N–H and O–H groups in total. The number of benzene rings is 3. The first-order valence-corrected chi connectivity index (χ1v) is 32.2. The number of nitrogens with zero attached hydrogens (tertiary/aromatic N) is 1. The van der Waals surface area contributed by atoms with E-state index < -0.39 is 77.8 Å². The Morgan fingerprint density at radius 2 is 1.82 bits per heavy atom. The number of carbonyl (C=O) groups is 3. The molecular formula is C65H76N2O14S2. The molecule has 3 aliphatic carbocycles. The highest BCUT2D eigenvalue weighted by Gasteiger charge is 2.70. The number of aromatic nitrogens is 1. The Balaban J connectivity index is 1.08. The fourth-order valence-corrected chi connectivity index (χ4v) is 18.1. The number of nitrogens with one attached hydrogen (secondary N) is 1. The van der Waals surface area contributed by atoms with Gasteiger partial charge in [0.05, 0.1) is 49.2 Å². The summed E-state index contributed by atoms with van der Waals surface area (Å²) in [5.41, 5.74) is 3.70. The second kappa shape index (κ2) is 24.3. The van der Waals surface area contributed by atoms with Gasteiger partial charge in [0.2, 0.25) is 5.76 Å². The van der Waals surface area contributed by atoms with Crippen LogP contribution in [0.4, 0.5) is 0 Å². The zero-order chi connectivity index (χ0) is 57.7. The SMILES string of the molecule is CCOC(=O)C1=C(C=O)C2=C3CC(CO)C(=O)C(C3)c3cc4cc[nH]c4cc3CCC(CO)COc3c4c(c(CO)c(c32)O1)OC1(C=CC(CCO)C2C3=CC5C(CSSCc6ccccc6CCC3O)N(CCCOC)CCC5C21O)C4. The van der Waals surface area contributed by atoms with Crippen molar-refractivity contribution in [3.63, 3.8) is 0 Å². The van der Waals surface area contributed by atoms with E-state index in [1.54, 1.807) is 14.0 Å². The number of aliphatic hydroxyl groups is 6. The average molecular weight is 1170 g/mol. The van der Waals surface area contributed by atoms with Crippen LogP contribution in [0, 0.1) is 35.5 Å². The number of methoxy groups -OCH3 is 1. The van der Waals surface area contributed by atoms with Crippen molar-refractivity contribution in [2.45, 2.75) is 113 Å². The largest absolute Gasteiger partial charge is 0.492 e. The van der Waals surface area contributed by atoms with Crippen LogP contribution in [0.25, 0.3) is 16.5 Å². The van der Waals surface area contributed by atoms with Crippen LogP contribution in [-0.2, 0) is 55.5 Å². The van der Waals surface area contributed by atoms with Gasteiger partial charge < -0.3 is 59.3 Å². The van der Waals surface area contributed by atoms with E-state index >= 15 is 0 Å². The molecule has 5 aliphatic heterocycles. The summed E-state index contributed by atoms with van der Waals surface area (Å²) in [6.07, 6.45) is 11.2. The third kappa shape index (κ3) is 10.0. The summed E-state index contributed by atoms with van der Waals surface area (Å²) in [5.74, 6) is -3.74. The van der Waals surface area contributed by atoms with Crippen molar-refractivity contribution in [3.05, 3.63) is 128 Å². The van der Waals surface area contributed by atoms with Crippen LogP contribution in [0.2, 0.25) is 0 Å². The number of ketones is 1. The molecule has 12 rings (SSSR count). The monoisotopic (exact) mass is 1170 g/mol. The lowest BCUT2D eigenvalue weighted by molar-refractivity contribution is -0.207. The number of aliphatic hydroxyl groups excluding tert-OH is 5. The van der Waals surface area contributed by atoms with Gasteiger partial charge in [0.15, 0.2) is 11.9 Å². The van der Waals surface area contributed by atoms with Crippen molar-refractivity contribution < 1.29 is 68.7 Å². The zero-order valence-electron chi connectivity index (χ0n) is 47.2. The smallest absolute Gasteiger partial charge is 0.375 e. The molecule has 4 bridgehead atoms. The van der Waals surface area contributed by atoms with Gasteiger partial charge in [-0.05, 0) is 141 Å². The standard InChI is InChI=1S/C65H76N2O14S2/c1-3-78-63(75)62-49(31-71)55-42-23-43(30-70)58(74)45(25-42)44-24-40-14-18-66-52(40)26-39(44)10-9-36(29-69)33-79-60-48-28-64(81-59(48)50(32-72)61(80-62)56(55)60)17-13-38(16-21-68)57-47-27-46-51(65(57,64)76)15-20-67(19-6-22-77-2)53(46)35-83-82-34-41-8-5-4-7-37(41)11-12-54(47)73/h4-5,7-8,13-14,17-18,24,26-27,31,36,38,43,45-46,51,53-54,57,66,68-70,72-73,76H,3,6,9-12,15-16,19-23,25,28-30,32-35H2,1-2H3. The summed E-state index contributed by atoms with van der Waals surface area (Å²) >= 11 is 0. The van der Waals surface area contributed by atoms with Crippen LogP contribution in [0.5, 0.6) is 17.2 Å². The highest BCUT2D eigenvalue weighted by atomic mass is 33.1. The van der Waals surface area contributed by atoms with Crippen LogP contribution >= 0.6 is 21.6 Å². The molecule has 11 atom stereocenters. The molecular weight excluding hydrogens is 1100 g/mol. The fraction of sp³-hybridized carbons (Fsp3) is 0.523. The molecule has 442 valence electrons. The first-order valence-electron chi connectivity index (χ1n) is 29.7. The highest BCUT2D eigenvalue weighted by Crippen LogP contribution is 2.65. The molecule has 83 heavy (non-hydrogen) atoms. The maximum atomic E-state index is 15.0. The summed E-state index contributed by atoms with van der Waals surface area (Å²) in [4.78, 5) is 49.0. The van der Waals surface area contributed by atoms with Crippen molar-refractivity contribution >= 4 is 56.1 Å². The maximum absolute atomic E-state index is 15.0. The van der Waals surface area contributed by atoms with E-state index in [2.05, 4.69) is 34.2 Å². The van der Waals surface area contributed by atoms with Gasteiger partial charge in [-0.15, -0.1) is 0 Å². The number of aldehydes is 1. The van der Waals surface area contributed by atoms with E-state index in [4.69, 9.17) is 23.7 Å². The van der Waals surface area contributed by atoms with E-state index in [1.807, 2.05) is 64.2 Å². The number of carbonyl (C=O) groups excluding carboxylic acids is 3. The number of aryl methyl sites for hydroxylation is 2. The molecule has 1 spiro atoms. The predicted molar refractivity (Wildman–Crippen MR) is 316 cm³/mol. The number of aromatic amines is 1. The van der Waals surface area contributed by atoms with Gasteiger partial charge in [0.1, 0.15) is 28.6 Å². The molecule has 18 heteroatoms. The minimum atomic E-state index is -1.79. The molecule has 1 aromatic heterocycles. The highest BCUT2D eigenvalue weighted by molar-refractivity contribution is 8.76. The number of allylic oxidation sites excluding steroid dienone is 4.